The molecule has 1 unspecified atom stereocenters. The lowest BCUT2D eigenvalue weighted by Crippen LogP contribution is -2.39. The predicted octanol–water partition coefficient (Wildman–Crippen LogP) is -0.356. The van der Waals surface area contributed by atoms with Gasteiger partial charge in [0, 0.05) is 19.5 Å². The van der Waals surface area contributed by atoms with Crippen LogP contribution in [0.25, 0.3) is 0 Å². The topological polar surface area (TPSA) is 62.8 Å². The number of morpholine rings is 1. The molecule has 0 aromatic carbocycles. The van der Waals surface area contributed by atoms with Gasteiger partial charge < -0.3 is 10.1 Å². The molecule has 0 aliphatic carbocycles. The van der Waals surface area contributed by atoms with Crippen molar-refractivity contribution >= 4 is 0 Å². The maximum Gasteiger partial charge on any atom is 0.153 e. The van der Waals surface area contributed by atoms with E-state index < -0.39 is 0 Å². The lowest BCUT2D eigenvalue weighted by atomic mass is 10.2. The van der Waals surface area contributed by atoms with E-state index in [0.29, 0.717) is 0 Å². The molecule has 0 spiro atoms. The van der Waals surface area contributed by atoms with E-state index in [2.05, 4.69) is 20.5 Å². The van der Waals surface area contributed by atoms with Crippen molar-refractivity contribution in [1.82, 2.24) is 20.5 Å². The summed E-state index contributed by atoms with van der Waals surface area (Å²) in [6, 6.07) is 0. The van der Waals surface area contributed by atoms with Crippen molar-refractivity contribution in [3.8, 4) is 0 Å². The van der Waals surface area contributed by atoms with Crippen molar-refractivity contribution in [2.75, 3.05) is 19.7 Å². The molecule has 1 saturated heterocycles. The van der Waals surface area contributed by atoms with Crippen LogP contribution in [-0.2, 0) is 11.2 Å². The van der Waals surface area contributed by atoms with Crippen LogP contribution in [0, 0.1) is 6.92 Å². The van der Waals surface area contributed by atoms with Gasteiger partial charge in [-0.1, -0.05) is 0 Å². The van der Waals surface area contributed by atoms with E-state index >= 15 is 0 Å². The second-order valence-electron chi connectivity index (χ2n) is 3.24. The quantitative estimate of drug-likeness (QED) is 0.656. The van der Waals surface area contributed by atoms with Crippen molar-refractivity contribution in [3.63, 3.8) is 0 Å². The molecule has 2 rings (SSSR count). The highest BCUT2D eigenvalue weighted by Crippen LogP contribution is 2.03. The molecule has 1 aromatic heterocycles. The number of ether oxygens (including phenoxy) is 1. The Morgan fingerprint density at radius 3 is 3.15 bits per heavy atom. The fourth-order valence-corrected chi connectivity index (χ4v) is 1.43. The lowest BCUT2D eigenvalue weighted by Gasteiger charge is -2.22. The third-order valence-electron chi connectivity index (χ3n) is 2.06. The zero-order chi connectivity index (χ0) is 9.10. The number of nitrogens with one attached hydrogen (secondary N) is 2. The molecule has 0 saturated carbocycles. The van der Waals surface area contributed by atoms with Gasteiger partial charge in [-0.25, -0.2) is 4.98 Å². The number of aryl methyl sites for hydroxylation is 1. The average Bonchev–Trinajstić information content (AvgIpc) is 2.53. The van der Waals surface area contributed by atoms with Gasteiger partial charge in [0.25, 0.3) is 0 Å². The maximum atomic E-state index is 5.53. The van der Waals surface area contributed by atoms with Crippen LogP contribution < -0.4 is 5.32 Å². The van der Waals surface area contributed by atoms with Gasteiger partial charge in [0.2, 0.25) is 0 Å². The summed E-state index contributed by atoms with van der Waals surface area (Å²) in [6.07, 6.45) is 1.01. The first-order valence-corrected chi connectivity index (χ1v) is 4.55. The van der Waals surface area contributed by atoms with E-state index in [1.807, 2.05) is 6.92 Å². The minimum absolute atomic E-state index is 0.226. The number of nitrogens with zero attached hydrogens (tertiary/aromatic N) is 2. The third-order valence-corrected chi connectivity index (χ3v) is 2.06. The second kappa shape index (κ2) is 3.85. The molecule has 1 aromatic rings. The first-order valence-electron chi connectivity index (χ1n) is 4.55. The van der Waals surface area contributed by atoms with Crippen LogP contribution in [0.5, 0.6) is 0 Å². The van der Waals surface area contributed by atoms with Crippen LogP contribution in [0.1, 0.15) is 11.6 Å². The van der Waals surface area contributed by atoms with Gasteiger partial charge in [-0.05, 0) is 6.92 Å². The van der Waals surface area contributed by atoms with Gasteiger partial charge in [0.1, 0.15) is 5.82 Å². The van der Waals surface area contributed by atoms with Crippen LogP contribution in [-0.4, -0.2) is 41.0 Å². The first kappa shape index (κ1) is 8.65. The monoisotopic (exact) mass is 182 g/mol. The number of aromatic amines is 1. The van der Waals surface area contributed by atoms with Crippen molar-refractivity contribution in [2.24, 2.45) is 0 Å². The number of H-pyrrole nitrogens is 1. The van der Waals surface area contributed by atoms with E-state index in [1.165, 1.54) is 0 Å². The van der Waals surface area contributed by atoms with E-state index in [4.69, 9.17) is 4.74 Å². The summed E-state index contributed by atoms with van der Waals surface area (Å²) in [7, 11) is 0. The maximum absolute atomic E-state index is 5.53. The molecule has 1 aliphatic rings. The molecule has 13 heavy (non-hydrogen) atoms. The highest BCUT2D eigenvalue weighted by Gasteiger charge is 2.15. The molecular formula is C8H14N4O. The Balaban J connectivity index is 1.89. The van der Waals surface area contributed by atoms with Crippen LogP contribution >= 0.6 is 0 Å². The minimum Gasteiger partial charge on any atom is -0.375 e. The van der Waals surface area contributed by atoms with Gasteiger partial charge in [0.05, 0.1) is 12.7 Å². The molecule has 72 valence electrons. The molecule has 2 N–H and O–H groups in total. The number of hydrogen-bond acceptors (Lipinski definition) is 4. The Bertz CT molecular complexity index is 267. The molecule has 1 aliphatic heterocycles. The van der Waals surface area contributed by atoms with Gasteiger partial charge in [-0.15, -0.1) is 0 Å². The molecule has 2 heterocycles. The fourth-order valence-electron chi connectivity index (χ4n) is 1.43. The summed E-state index contributed by atoms with van der Waals surface area (Å²) in [5.74, 6) is 1.70. The largest absolute Gasteiger partial charge is 0.375 e. The van der Waals surface area contributed by atoms with E-state index in [9.17, 15) is 0 Å². The molecule has 0 amide bonds. The standard InChI is InChI=1S/C8H14N4O/c1-6-10-8(12-11-6)4-7-5-9-2-3-13-7/h7,9H,2-5H2,1H3,(H,10,11,12). The van der Waals surface area contributed by atoms with Crippen LogP contribution in [0.3, 0.4) is 0 Å². The van der Waals surface area contributed by atoms with Crippen molar-refractivity contribution in [2.45, 2.75) is 19.4 Å². The Morgan fingerprint density at radius 2 is 2.54 bits per heavy atom. The highest BCUT2D eigenvalue weighted by atomic mass is 16.5. The van der Waals surface area contributed by atoms with Crippen molar-refractivity contribution in [3.05, 3.63) is 11.6 Å². The number of rotatable bonds is 2. The highest BCUT2D eigenvalue weighted by molar-refractivity contribution is 4.90. The normalized spacial score (nSPS) is 23.3. The predicted molar refractivity (Wildman–Crippen MR) is 47.4 cm³/mol. The fraction of sp³-hybridized carbons (Fsp3) is 0.750. The zero-order valence-electron chi connectivity index (χ0n) is 7.71. The molecular weight excluding hydrogens is 168 g/mol. The summed E-state index contributed by atoms with van der Waals surface area (Å²) >= 11 is 0. The lowest BCUT2D eigenvalue weighted by molar-refractivity contribution is 0.0281. The Morgan fingerprint density at radius 1 is 1.62 bits per heavy atom. The third kappa shape index (κ3) is 2.26. The Kier molecular flexibility index (Phi) is 2.56. The molecule has 5 heteroatoms. The smallest absolute Gasteiger partial charge is 0.153 e. The number of hydrogen-bond donors (Lipinski definition) is 2. The Hall–Kier alpha value is -0.940. The molecule has 1 atom stereocenters. The van der Waals surface area contributed by atoms with E-state index in [-0.39, 0.29) is 6.10 Å². The molecule has 5 nitrogen and oxygen atoms in total. The first-order chi connectivity index (χ1) is 6.34. The summed E-state index contributed by atoms with van der Waals surface area (Å²) in [6.45, 7) is 4.53. The van der Waals surface area contributed by atoms with Gasteiger partial charge in [-0.2, -0.15) is 5.10 Å². The van der Waals surface area contributed by atoms with Crippen LogP contribution in [0.2, 0.25) is 0 Å². The van der Waals surface area contributed by atoms with Gasteiger partial charge in [0.15, 0.2) is 5.82 Å². The average molecular weight is 182 g/mol. The molecule has 0 bridgehead atoms. The summed E-state index contributed by atoms with van der Waals surface area (Å²) in [5.41, 5.74) is 0. The van der Waals surface area contributed by atoms with Crippen molar-refractivity contribution in [1.29, 1.82) is 0 Å². The second-order valence-corrected chi connectivity index (χ2v) is 3.24. The SMILES string of the molecule is Cc1nc(CC2CNCCO2)n[nH]1. The summed E-state index contributed by atoms with van der Waals surface area (Å²) < 4.78 is 5.53. The van der Waals surface area contributed by atoms with Gasteiger partial charge in [-0.3, -0.25) is 5.10 Å². The van der Waals surface area contributed by atoms with Gasteiger partial charge >= 0.3 is 0 Å². The zero-order valence-corrected chi connectivity index (χ0v) is 7.71. The Labute approximate surface area is 76.9 Å². The van der Waals surface area contributed by atoms with E-state index in [0.717, 1.165) is 37.8 Å². The molecule has 1 fully saturated rings. The minimum atomic E-state index is 0.226. The summed E-state index contributed by atoms with van der Waals surface area (Å²) in [5, 5.41) is 10.2. The molecule has 0 radical (unpaired) electrons. The number of aromatic nitrogens is 3. The van der Waals surface area contributed by atoms with Crippen molar-refractivity contribution < 1.29 is 4.74 Å². The van der Waals surface area contributed by atoms with Crippen LogP contribution in [0.4, 0.5) is 0 Å². The van der Waals surface area contributed by atoms with Crippen LogP contribution in [0.15, 0.2) is 0 Å². The summed E-state index contributed by atoms with van der Waals surface area (Å²) in [4.78, 5) is 4.23. The van der Waals surface area contributed by atoms with E-state index in [1.54, 1.807) is 0 Å².